The van der Waals surface area contributed by atoms with Gasteiger partial charge in [-0.3, -0.25) is 9.59 Å². The molecule has 31 heavy (non-hydrogen) atoms. The molecular weight excluding hydrogens is 469 g/mol. The van der Waals surface area contributed by atoms with Gasteiger partial charge in [-0.1, -0.05) is 17.8 Å². The van der Waals surface area contributed by atoms with E-state index >= 15 is 0 Å². The Hall–Kier alpha value is -2.44. The molecule has 1 aliphatic rings. The number of thiophene rings is 2. The van der Waals surface area contributed by atoms with Crippen molar-refractivity contribution in [1.82, 2.24) is 9.97 Å². The number of fused-ring (bicyclic) bond motifs is 1. The number of hydrogen-bond donors (Lipinski definition) is 2. The summed E-state index contributed by atoms with van der Waals surface area (Å²) in [5.41, 5.74) is 5.76. The summed E-state index contributed by atoms with van der Waals surface area (Å²) in [4.78, 5) is 33.6. The molecule has 162 valence electrons. The molecule has 4 rings (SSSR count). The molecule has 1 aliphatic carbocycles. The number of nitrogens with zero attached hydrogens (tertiary/aromatic N) is 2. The fourth-order valence-corrected chi connectivity index (χ4v) is 5.89. The molecule has 0 spiro atoms. The first-order valence-electron chi connectivity index (χ1n) is 9.09. The van der Waals surface area contributed by atoms with Crippen LogP contribution in [0.25, 0.3) is 10.6 Å². The van der Waals surface area contributed by atoms with Crippen LogP contribution >= 0.6 is 34.4 Å². The molecule has 3 heterocycles. The minimum Gasteiger partial charge on any atom is -0.365 e. The standard InChI is InChI=1S/C19H15F3N4O2S3/c20-19(21,22)13-7-10(12-5-2-6-29-12)24-18(25-13)30-8-14(27)26-17-15(16(23)28)9-3-1-4-11(9)31-17/h2,5-7H,1,3-4,8H2,(H2,23,28)(H,26,27). The van der Waals surface area contributed by atoms with Crippen molar-refractivity contribution in [3.63, 3.8) is 0 Å². The van der Waals surface area contributed by atoms with Crippen molar-refractivity contribution in [1.29, 1.82) is 0 Å². The van der Waals surface area contributed by atoms with Gasteiger partial charge in [0.2, 0.25) is 5.91 Å². The van der Waals surface area contributed by atoms with Crippen molar-refractivity contribution in [2.45, 2.75) is 30.6 Å². The van der Waals surface area contributed by atoms with Gasteiger partial charge in [0.25, 0.3) is 5.91 Å². The Morgan fingerprint density at radius 2 is 2.06 bits per heavy atom. The van der Waals surface area contributed by atoms with Crippen LogP contribution in [0.15, 0.2) is 28.7 Å². The van der Waals surface area contributed by atoms with Crippen LogP contribution in [0.2, 0.25) is 0 Å². The summed E-state index contributed by atoms with van der Waals surface area (Å²) >= 11 is 3.36. The maximum absolute atomic E-state index is 13.3. The Morgan fingerprint density at radius 1 is 1.26 bits per heavy atom. The molecule has 0 atom stereocenters. The van der Waals surface area contributed by atoms with Crippen molar-refractivity contribution in [3.8, 4) is 10.6 Å². The van der Waals surface area contributed by atoms with Crippen LogP contribution in [0.3, 0.4) is 0 Å². The molecule has 6 nitrogen and oxygen atoms in total. The highest BCUT2D eigenvalue weighted by Crippen LogP contribution is 2.39. The molecule has 0 fully saturated rings. The summed E-state index contributed by atoms with van der Waals surface area (Å²) < 4.78 is 39.8. The Balaban J connectivity index is 1.51. The van der Waals surface area contributed by atoms with E-state index in [1.165, 1.54) is 22.7 Å². The van der Waals surface area contributed by atoms with Crippen LogP contribution < -0.4 is 11.1 Å². The molecule has 0 saturated carbocycles. The highest BCUT2D eigenvalue weighted by atomic mass is 32.2. The van der Waals surface area contributed by atoms with Gasteiger partial charge in [0.15, 0.2) is 5.16 Å². The SMILES string of the molecule is NC(=O)c1c(NC(=O)CSc2nc(-c3cccs3)cc(C(F)(F)F)n2)sc2c1CCC2. The van der Waals surface area contributed by atoms with Gasteiger partial charge < -0.3 is 11.1 Å². The van der Waals surface area contributed by atoms with Crippen molar-refractivity contribution in [2.24, 2.45) is 5.73 Å². The molecule has 3 aromatic heterocycles. The van der Waals surface area contributed by atoms with E-state index in [1.807, 2.05) is 0 Å². The lowest BCUT2D eigenvalue weighted by atomic mass is 10.1. The summed E-state index contributed by atoms with van der Waals surface area (Å²) in [6.07, 6.45) is -2.14. The fourth-order valence-electron chi connectivity index (χ4n) is 3.23. The largest absolute Gasteiger partial charge is 0.433 e. The molecule has 0 saturated heterocycles. The molecule has 0 aliphatic heterocycles. The van der Waals surface area contributed by atoms with E-state index in [0.717, 1.165) is 47.5 Å². The summed E-state index contributed by atoms with van der Waals surface area (Å²) in [6, 6.07) is 4.27. The van der Waals surface area contributed by atoms with E-state index < -0.39 is 23.7 Å². The highest BCUT2D eigenvalue weighted by molar-refractivity contribution is 7.99. The molecule has 2 amide bonds. The monoisotopic (exact) mass is 484 g/mol. The molecule has 0 bridgehead atoms. The molecule has 0 aromatic carbocycles. The van der Waals surface area contributed by atoms with E-state index in [1.54, 1.807) is 17.5 Å². The number of primary amides is 1. The maximum atomic E-state index is 13.3. The molecular formula is C19H15F3N4O2S3. The summed E-state index contributed by atoms with van der Waals surface area (Å²) in [7, 11) is 0. The van der Waals surface area contributed by atoms with E-state index in [-0.39, 0.29) is 16.6 Å². The smallest absolute Gasteiger partial charge is 0.365 e. The minimum atomic E-state index is -4.64. The number of rotatable bonds is 6. The van der Waals surface area contributed by atoms with Crippen molar-refractivity contribution >= 4 is 51.3 Å². The normalized spacial score (nSPS) is 13.3. The number of halogens is 3. The van der Waals surface area contributed by atoms with Gasteiger partial charge in [0, 0.05) is 4.88 Å². The van der Waals surface area contributed by atoms with Crippen LogP contribution in [0.1, 0.15) is 32.9 Å². The van der Waals surface area contributed by atoms with E-state index in [2.05, 4.69) is 15.3 Å². The number of hydrogen-bond acceptors (Lipinski definition) is 7. The third kappa shape index (κ3) is 4.75. The lowest BCUT2D eigenvalue weighted by Crippen LogP contribution is -2.19. The van der Waals surface area contributed by atoms with Gasteiger partial charge in [-0.2, -0.15) is 13.2 Å². The molecule has 3 aromatic rings. The number of aryl methyl sites for hydroxylation is 1. The van der Waals surface area contributed by atoms with E-state index in [4.69, 9.17) is 5.73 Å². The Kier molecular flexibility index (Phi) is 6.04. The maximum Gasteiger partial charge on any atom is 0.433 e. The summed E-state index contributed by atoms with van der Waals surface area (Å²) in [5, 5.41) is 4.62. The predicted molar refractivity (Wildman–Crippen MR) is 115 cm³/mol. The third-order valence-corrected chi connectivity index (χ3v) is 7.47. The number of thioether (sulfide) groups is 1. The molecule has 0 radical (unpaired) electrons. The van der Waals surface area contributed by atoms with Gasteiger partial charge in [-0.05, 0) is 42.3 Å². The number of nitrogens with one attached hydrogen (secondary N) is 1. The first kappa shape index (κ1) is 21.8. The van der Waals surface area contributed by atoms with Crippen molar-refractivity contribution < 1.29 is 22.8 Å². The second-order valence-electron chi connectivity index (χ2n) is 6.66. The van der Waals surface area contributed by atoms with Crippen LogP contribution in [0.5, 0.6) is 0 Å². The third-order valence-electron chi connectivity index (χ3n) is 4.52. The molecule has 0 unspecified atom stereocenters. The number of carbonyl (C=O) groups excluding carboxylic acids is 2. The number of amides is 2. The average Bonchev–Trinajstić information content (AvgIpc) is 3.42. The quantitative estimate of drug-likeness (QED) is 0.394. The lowest BCUT2D eigenvalue weighted by Gasteiger charge is -2.10. The second kappa shape index (κ2) is 8.60. The van der Waals surface area contributed by atoms with E-state index in [0.29, 0.717) is 15.4 Å². The number of alkyl halides is 3. The number of nitrogens with two attached hydrogens (primary N) is 1. The van der Waals surface area contributed by atoms with Crippen LogP contribution in [-0.4, -0.2) is 27.5 Å². The predicted octanol–water partition coefficient (Wildman–Crippen LogP) is 4.60. The van der Waals surface area contributed by atoms with Crippen LogP contribution in [0.4, 0.5) is 18.2 Å². The summed E-state index contributed by atoms with van der Waals surface area (Å²) in [5.74, 6) is -1.30. The summed E-state index contributed by atoms with van der Waals surface area (Å²) in [6.45, 7) is 0. The van der Waals surface area contributed by atoms with Gasteiger partial charge >= 0.3 is 6.18 Å². The highest BCUT2D eigenvalue weighted by Gasteiger charge is 2.34. The minimum absolute atomic E-state index is 0.144. The Labute approximate surface area is 187 Å². The fraction of sp³-hybridized carbons (Fsp3) is 0.263. The Bertz CT molecular complexity index is 1140. The first-order valence-corrected chi connectivity index (χ1v) is 11.8. The average molecular weight is 485 g/mol. The van der Waals surface area contributed by atoms with Crippen molar-refractivity contribution in [2.75, 3.05) is 11.1 Å². The topological polar surface area (TPSA) is 98.0 Å². The lowest BCUT2D eigenvalue weighted by molar-refractivity contribution is -0.141. The zero-order valence-electron chi connectivity index (χ0n) is 15.8. The number of anilines is 1. The second-order valence-corrected chi connectivity index (χ2v) is 9.65. The Morgan fingerprint density at radius 3 is 2.74 bits per heavy atom. The van der Waals surface area contributed by atoms with E-state index in [9.17, 15) is 22.8 Å². The molecule has 3 N–H and O–H groups in total. The zero-order chi connectivity index (χ0) is 22.2. The number of aromatic nitrogens is 2. The van der Waals surface area contributed by atoms with Gasteiger partial charge in [-0.25, -0.2) is 9.97 Å². The zero-order valence-corrected chi connectivity index (χ0v) is 18.2. The van der Waals surface area contributed by atoms with Crippen LogP contribution in [-0.2, 0) is 23.8 Å². The van der Waals surface area contributed by atoms with Crippen molar-refractivity contribution in [3.05, 3.63) is 45.3 Å². The van der Waals surface area contributed by atoms with Gasteiger partial charge in [-0.15, -0.1) is 22.7 Å². The first-order chi connectivity index (χ1) is 14.7. The molecule has 12 heteroatoms. The number of carbonyl (C=O) groups is 2. The van der Waals surface area contributed by atoms with Gasteiger partial charge in [0.05, 0.1) is 21.9 Å². The van der Waals surface area contributed by atoms with Crippen LogP contribution in [0, 0.1) is 0 Å². The van der Waals surface area contributed by atoms with Gasteiger partial charge in [0.1, 0.15) is 10.7 Å².